The quantitative estimate of drug-likeness (QED) is 0.514. The SMILES string of the molecule is CCc1ccc(-c2nc(SCC(=O)O[C@@H]3C[C@@H](C)CC[C@@H]3C(C)C)n[nH]2)cc1. The third-order valence-electron chi connectivity index (χ3n) is 5.66. The van der Waals surface area contributed by atoms with Crippen LogP contribution in [0.25, 0.3) is 11.4 Å². The van der Waals surface area contributed by atoms with Crippen LogP contribution in [0.3, 0.4) is 0 Å². The van der Waals surface area contributed by atoms with Gasteiger partial charge in [-0.15, -0.1) is 5.10 Å². The lowest BCUT2D eigenvalue weighted by atomic mass is 9.75. The van der Waals surface area contributed by atoms with Crippen LogP contribution in [0.15, 0.2) is 29.4 Å². The third-order valence-corrected chi connectivity index (χ3v) is 6.48. The van der Waals surface area contributed by atoms with Crippen LogP contribution in [-0.4, -0.2) is 33.0 Å². The van der Waals surface area contributed by atoms with Crippen molar-refractivity contribution in [1.29, 1.82) is 0 Å². The second kappa shape index (κ2) is 9.59. The van der Waals surface area contributed by atoms with Crippen molar-refractivity contribution in [2.24, 2.45) is 17.8 Å². The summed E-state index contributed by atoms with van der Waals surface area (Å²) in [5, 5.41) is 7.76. The molecule has 0 bridgehead atoms. The summed E-state index contributed by atoms with van der Waals surface area (Å²) in [5.41, 5.74) is 2.28. The molecule has 1 fully saturated rings. The van der Waals surface area contributed by atoms with Gasteiger partial charge < -0.3 is 4.74 Å². The predicted molar refractivity (Wildman–Crippen MR) is 113 cm³/mol. The fourth-order valence-electron chi connectivity index (χ4n) is 3.91. The maximum Gasteiger partial charge on any atom is 0.316 e. The number of rotatable bonds is 7. The zero-order valence-corrected chi connectivity index (χ0v) is 18.1. The first-order chi connectivity index (χ1) is 13.5. The number of hydrogen-bond donors (Lipinski definition) is 1. The number of benzene rings is 1. The molecular weight excluding hydrogens is 370 g/mol. The van der Waals surface area contributed by atoms with E-state index in [1.165, 1.54) is 23.7 Å². The van der Waals surface area contributed by atoms with Crippen LogP contribution in [0.2, 0.25) is 0 Å². The van der Waals surface area contributed by atoms with Crippen LogP contribution in [0, 0.1) is 17.8 Å². The van der Waals surface area contributed by atoms with E-state index in [2.05, 4.69) is 55.0 Å². The van der Waals surface area contributed by atoms with E-state index in [1.807, 2.05) is 12.1 Å². The number of carbonyl (C=O) groups is 1. The highest BCUT2D eigenvalue weighted by molar-refractivity contribution is 7.99. The van der Waals surface area contributed by atoms with E-state index < -0.39 is 0 Å². The Morgan fingerprint density at radius 3 is 2.71 bits per heavy atom. The van der Waals surface area contributed by atoms with Crippen LogP contribution in [0.5, 0.6) is 0 Å². The van der Waals surface area contributed by atoms with E-state index in [4.69, 9.17) is 4.74 Å². The van der Waals surface area contributed by atoms with Crippen LogP contribution < -0.4 is 0 Å². The molecule has 0 amide bonds. The number of thioether (sulfide) groups is 1. The summed E-state index contributed by atoms with van der Waals surface area (Å²) in [5.74, 6) is 2.41. The molecule has 1 N–H and O–H groups in total. The van der Waals surface area contributed by atoms with Gasteiger partial charge in [-0.05, 0) is 42.6 Å². The molecule has 3 atom stereocenters. The molecule has 0 spiro atoms. The van der Waals surface area contributed by atoms with Gasteiger partial charge in [0, 0.05) is 5.56 Å². The molecule has 28 heavy (non-hydrogen) atoms. The second-order valence-electron chi connectivity index (χ2n) is 8.16. The van der Waals surface area contributed by atoms with Gasteiger partial charge in [-0.25, -0.2) is 4.98 Å². The highest BCUT2D eigenvalue weighted by Crippen LogP contribution is 2.35. The molecule has 1 saturated carbocycles. The Balaban J connectivity index is 1.53. The average molecular weight is 402 g/mol. The molecule has 6 heteroatoms. The Bertz CT molecular complexity index is 772. The minimum Gasteiger partial charge on any atom is -0.461 e. The summed E-state index contributed by atoms with van der Waals surface area (Å²) < 4.78 is 5.85. The minimum atomic E-state index is -0.173. The number of hydrogen-bond acceptors (Lipinski definition) is 5. The van der Waals surface area contributed by atoms with Crippen LogP contribution in [-0.2, 0) is 16.0 Å². The largest absolute Gasteiger partial charge is 0.461 e. The first-order valence-electron chi connectivity index (χ1n) is 10.3. The smallest absolute Gasteiger partial charge is 0.316 e. The molecule has 1 aromatic carbocycles. The van der Waals surface area contributed by atoms with Crippen molar-refractivity contribution in [3.63, 3.8) is 0 Å². The summed E-state index contributed by atoms with van der Waals surface area (Å²) in [7, 11) is 0. The van der Waals surface area contributed by atoms with Gasteiger partial charge in [0.05, 0.1) is 5.75 Å². The van der Waals surface area contributed by atoms with Crippen LogP contribution in [0.1, 0.15) is 52.5 Å². The molecule has 0 saturated heterocycles. The molecule has 2 aromatic rings. The molecule has 0 radical (unpaired) electrons. The van der Waals surface area contributed by atoms with Gasteiger partial charge in [0.2, 0.25) is 5.16 Å². The molecule has 0 unspecified atom stereocenters. The molecule has 1 aromatic heterocycles. The van der Waals surface area contributed by atoms with E-state index in [-0.39, 0.29) is 17.8 Å². The molecule has 1 aliphatic carbocycles. The van der Waals surface area contributed by atoms with E-state index in [0.29, 0.717) is 22.9 Å². The van der Waals surface area contributed by atoms with Crippen molar-refractivity contribution in [3.05, 3.63) is 29.8 Å². The van der Waals surface area contributed by atoms with Gasteiger partial charge in [0.15, 0.2) is 5.82 Å². The van der Waals surface area contributed by atoms with Gasteiger partial charge in [0.25, 0.3) is 0 Å². The van der Waals surface area contributed by atoms with Gasteiger partial charge in [-0.1, -0.05) is 70.1 Å². The van der Waals surface area contributed by atoms with Crippen molar-refractivity contribution < 1.29 is 9.53 Å². The van der Waals surface area contributed by atoms with Crippen molar-refractivity contribution in [1.82, 2.24) is 15.2 Å². The van der Waals surface area contributed by atoms with Gasteiger partial charge >= 0.3 is 5.97 Å². The van der Waals surface area contributed by atoms with Crippen molar-refractivity contribution >= 4 is 17.7 Å². The number of nitrogens with zero attached hydrogens (tertiary/aromatic N) is 2. The van der Waals surface area contributed by atoms with Crippen molar-refractivity contribution in [2.75, 3.05) is 5.75 Å². The summed E-state index contributed by atoms with van der Waals surface area (Å²) in [6.45, 7) is 8.82. The zero-order valence-electron chi connectivity index (χ0n) is 17.3. The van der Waals surface area contributed by atoms with E-state index in [1.54, 1.807) is 0 Å². The summed E-state index contributed by atoms with van der Waals surface area (Å²) in [6.07, 6.45) is 4.39. The highest BCUT2D eigenvalue weighted by atomic mass is 32.2. The second-order valence-corrected chi connectivity index (χ2v) is 9.10. The summed E-state index contributed by atoms with van der Waals surface area (Å²) in [4.78, 5) is 16.9. The Kier molecular flexibility index (Phi) is 7.16. The molecular formula is C22H31N3O2S. The number of nitrogens with one attached hydrogen (secondary N) is 1. The number of ether oxygens (including phenoxy) is 1. The van der Waals surface area contributed by atoms with Gasteiger partial charge in [-0.2, -0.15) is 0 Å². The normalized spacial score (nSPS) is 22.4. The zero-order chi connectivity index (χ0) is 20.1. The first kappa shape index (κ1) is 20.9. The molecule has 1 aliphatic rings. The Labute approximate surface area is 172 Å². The number of aromatic nitrogens is 3. The van der Waals surface area contributed by atoms with Crippen LogP contribution in [0.4, 0.5) is 0 Å². The lowest BCUT2D eigenvalue weighted by Gasteiger charge is -2.36. The average Bonchev–Trinajstić information content (AvgIpc) is 3.15. The Morgan fingerprint density at radius 1 is 1.29 bits per heavy atom. The lowest BCUT2D eigenvalue weighted by Crippen LogP contribution is -2.36. The third kappa shape index (κ3) is 5.37. The van der Waals surface area contributed by atoms with Crippen molar-refractivity contribution in [2.45, 2.75) is 64.6 Å². The maximum atomic E-state index is 12.4. The fraction of sp³-hybridized carbons (Fsp3) is 0.591. The molecule has 152 valence electrons. The standard InChI is InChI=1S/C22H31N3O2S/c1-5-16-7-9-17(10-8-16)21-23-22(25-24-21)28-13-20(26)27-19-12-15(4)6-11-18(19)14(2)3/h7-10,14-15,18-19H,5-6,11-13H2,1-4H3,(H,23,24,25)/t15-,18+,19+/m0/s1. The molecule has 1 heterocycles. The van der Waals surface area contributed by atoms with E-state index in [0.717, 1.165) is 30.7 Å². The summed E-state index contributed by atoms with van der Waals surface area (Å²) in [6, 6.07) is 8.27. The van der Waals surface area contributed by atoms with Gasteiger partial charge in [-0.3, -0.25) is 9.89 Å². The number of esters is 1. The fourth-order valence-corrected chi connectivity index (χ4v) is 4.50. The lowest BCUT2D eigenvalue weighted by molar-refractivity contribution is -0.152. The predicted octanol–water partition coefficient (Wildman–Crippen LogP) is 5.13. The Morgan fingerprint density at radius 2 is 2.04 bits per heavy atom. The molecule has 3 rings (SSSR count). The maximum absolute atomic E-state index is 12.4. The highest BCUT2D eigenvalue weighted by Gasteiger charge is 2.33. The number of aromatic amines is 1. The molecule has 0 aliphatic heterocycles. The number of carbonyl (C=O) groups excluding carboxylic acids is 1. The van der Waals surface area contributed by atoms with E-state index >= 15 is 0 Å². The minimum absolute atomic E-state index is 0.0386. The van der Waals surface area contributed by atoms with Crippen molar-refractivity contribution in [3.8, 4) is 11.4 Å². The first-order valence-corrected chi connectivity index (χ1v) is 11.3. The monoisotopic (exact) mass is 401 g/mol. The van der Waals surface area contributed by atoms with Crippen LogP contribution >= 0.6 is 11.8 Å². The molecule has 5 nitrogen and oxygen atoms in total. The topological polar surface area (TPSA) is 67.9 Å². The number of aryl methyl sites for hydroxylation is 1. The summed E-state index contributed by atoms with van der Waals surface area (Å²) >= 11 is 1.32. The number of H-pyrrole nitrogens is 1. The Hall–Kier alpha value is -1.82. The van der Waals surface area contributed by atoms with E-state index in [9.17, 15) is 4.79 Å². The van der Waals surface area contributed by atoms with Gasteiger partial charge in [0.1, 0.15) is 6.10 Å².